The molecule has 0 radical (unpaired) electrons. The first-order chi connectivity index (χ1) is 11.8. The normalized spacial score (nSPS) is 11.4. The maximum absolute atomic E-state index is 11.6. The average molecular weight is 355 g/mol. The lowest BCUT2D eigenvalue weighted by molar-refractivity contribution is 0.0995. The fourth-order valence-electron chi connectivity index (χ4n) is 2.46. The van der Waals surface area contributed by atoms with Gasteiger partial charge in [0.15, 0.2) is 15.5 Å². The quantitative estimate of drug-likeness (QED) is 0.777. The number of amides is 1. The van der Waals surface area contributed by atoms with E-state index < -0.39 is 15.7 Å². The van der Waals surface area contributed by atoms with Crippen LogP contribution in [0.1, 0.15) is 16.1 Å². The SMILES string of the molecule is Cc1ccc(-n2nc(C(N)=O)cc2-c2ccc(S(C)(=O)=O)cc2)cc1. The number of hydrogen-bond acceptors (Lipinski definition) is 4. The topological polar surface area (TPSA) is 95.1 Å². The molecule has 6 nitrogen and oxygen atoms in total. The molecule has 3 aromatic rings. The molecular formula is C18H17N3O3S. The molecule has 0 aliphatic carbocycles. The van der Waals surface area contributed by atoms with Gasteiger partial charge in [0.05, 0.1) is 16.3 Å². The number of aryl methyl sites for hydroxylation is 1. The summed E-state index contributed by atoms with van der Waals surface area (Å²) in [5.74, 6) is -0.625. The Kier molecular flexibility index (Phi) is 4.18. The van der Waals surface area contributed by atoms with Crippen molar-refractivity contribution in [2.75, 3.05) is 6.26 Å². The summed E-state index contributed by atoms with van der Waals surface area (Å²) in [6.45, 7) is 1.98. The Morgan fingerprint density at radius 2 is 1.64 bits per heavy atom. The lowest BCUT2D eigenvalue weighted by Crippen LogP contribution is -2.12. The predicted molar refractivity (Wildman–Crippen MR) is 95.4 cm³/mol. The van der Waals surface area contributed by atoms with E-state index in [4.69, 9.17) is 5.73 Å². The van der Waals surface area contributed by atoms with Gasteiger partial charge in [-0.3, -0.25) is 4.79 Å². The van der Waals surface area contributed by atoms with Gasteiger partial charge in [-0.2, -0.15) is 5.10 Å². The second-order valence-corrected chi connectivity index (χ2v) is 7.84. The molecule has 0 unspecified atom stereocenters. The zero-order chi connectivity index (χ0) is 18.2. The summed E-state index contributed by atoms with van der Waals surface area (Å²) >= 11 is 0. The molecular weight excluding hydrogens is 338 g/mol. The Morgan fingerprint density at radius 3 is 2.16 bits per heavy atom. The molecule has 2 N–H and O–H groups in total. The molecule has 0 atom stereocenters. The van der Waals surface area contributed by atoms with Gasteiger partial charge < -0.3 is 5.73 Å². The molecule has 0 aliphatic rings. The number of aromatic nitrogens is 2. The molecule has 3 rings (SSSR count). The van der Waals surface area contributed by atoms with E-state index in [-0.39, 0.29) is 10.6 Å². The van der Waals surface area contributed by atoms with E-state index in [1.165, 1.54) is 12.1 Å². The molecule has 7 heteroatoms. The van der Waals surface area contributed by atoms with Crippen molar-refractivity contribution < 1.29 is 13.2 Å². The molecule has 2 aromatic carbocycles. The summed E-state index contributed by atoms with van der Waals surface area (Å²) in [5, 5.41) is 4.28. The van der Waals surface area contributed by atoms with Gasteiger partial charge in [-0.1, -0.05) is 29.8 Å². The second kappa shape index (κ2) is 6.18. The summed E-state index contributed by atoms with van der Waals surface area (Å²) in [6, 6.07) is 15.7. The van der Waals surface area contributed by atoms with Gasteiger partial charge in [0.2, 0.25) is 0 Å². The van der Waals surface area contributed by atoms with E-state index in [2.05, 4.69) is 5.10 Å². The molecule has 1 aromatic heterocycles. The van der Waals surface area contributed by atoms with Crippen molar-refractivity contribution in [1.29, 1.82) is 0 Å². The molecule has 0 fully saturated rings. The van der Waals surface area contributed by atoms with Gasteiger partial charge in [-0.15, -0.1) is 0 Å². The summed E-state index contributed by atoms with van der Waals surface area (Å²) < 4.78 is 24.9. The molecule has 25 heavy (non-hydrogen) atoms. The van der Waals surface area contributed by atoms with E-state index in [1.807, 2.05) is 31.2 Å². The minimum absolute atomic E-state index is 0.141. The molecule has 0 bridgehead atoms. The molecule has 0 saturated carbocycles. The number of benzene rings is 2. The van der Waals surface area contributed by atoms with Crippen LogP contribution in [-0.4, -0.2) is 30.4 Å². The lowest BCUT2D eigenvalue weighted by Gasteiger charge is -2.08. The van der Waals surface area contributed by atoms with E-state index in [9.17, 15) is 13.2 Å². The van der Waals surface area contributed by atoms with Crippen LogP contribution in [0.5, 0.6) is 0 Å². The number of hydrogen-bond donors (Lipinski definition) is 1. The number of nitrogens with two attached hydrogens (primary N) is 1. The van der Waals surface area contributed by atoms with Crippen molar-refractivity contribution in [3.63, 3.8) is 0 Å². The van der Waals surface area contributed by atoms with Gasteiger partial charge in [0, 0.05) is 11.8 Å². The van der Waals surface area contributed by atoms with Gasteiger partial charge in [0.25, 0.3) is 5.91 Å². The maximum atomic E-state index is 11.6. The Bertz CT molecular complexity index is 1030. The van der Waals surface area contributed by atoms with Crippen molar-refractivity contribution in [1.82, 2.24) is 9.78 Å². The van der Waals surface area contributed by atoms with Gasteiger partial charge in [-0.25, -0.2) is 13.1 Å². The van der Waals surface area contributed by atoms with E-state index >= 15 is 0 Å². The summed E-state index contributed by atoms with van der Waals surface area (Å²) in [5.41, 5.74) is 8.77. The molecule has 1 amide bonds. The summed E-state index contributed by atoms with van der Waals surface area (Å²) in [4.78, 5) is 11.8. The highest BCUT2D eigenvalue weighted by atomic mass is 32.2. The van der Waals surface area contributed by atoms with Crippen molar-refractivity contribution in [3.8, 4) is 16.9 Å². The summed E-state index contributed by atoms with van der Waals surface area (Å²) in [7, 11) is -3.27. The zero-order valence-electron chi connectivity index (χ0n) is 13.8. The van der Waals surface area contributed by atoms with E-state index in [1.54, 1.807) is 22.9 Å². The number of carbonyl (C=O) groups excluding carboxylic acids is 1. The first-order valence-electron chi connectivity index (χ1n) is 7.53. The first kappa shape index (κ1) is 16.9. The smallest absolute Gasteiger partial charge is 0.269 e. The van der Waals surface area contributed by atoms with Crippen LogP contribution in [0.2, 0.25) is 0 Å². The lowest BCUT2D eigenvalue weighted by atomic mass is 10.1. The van der Waals surface area contributed by atoms with Crippen LogP contribution in [0.3, 0.4) is 0 Å². The van der Waals surface area contributed by atoms with Gasteiger partial charge in [-0.05, 0) is 37.3 Å². The Labute approximate surface area is 145 Å². The Hall–Kier alpha value is -2.93. The summed E-state index contributed by atoms with van der Waals surface area (Å²) in [6.07, 6.45) is 1.16. The second-order valence-electron chi connectivity index (χ2n) is 5.82. The highest BCUT2D eigenvalue weighted by Gasteiger charge is 2.15. The Morgan fingerprint density at radius 1 is 1.04 bits per heavy atom. The van der Waals surface area contributed by atoms with Crippen LogP contribution in [0, 0.1) is 6.92 Å². The number of sulfone groups is 1. The number of primary amides is 1. The third kappa shape index (κ3) is 3.46. The zero-order valence-corrected chi connectivity index (χ0v) is 14.6. The minimum atomic E-state index is -3.27. The average Bonchev–Trinajstić information content (AvgIpc) is 3.00. The van der Waals surface area contributed by atoms with E-state index in [0.717, 1.165) is 23.1 Å². The van der Waals surface area contributed by atoms with Crippen LogP contribution >= 0.6 is 0 Å². The molecule has 128 valence electrons. The van der Waals surface area contributed by atoms with Crippen LogP contribution < -0.4 is 5.73 Å². The third-order valence-electron chi connectivity index (χ3n) is 3.82. The molecule has 0 aliphatic heterocycles. The third-order valence-corrected chi connectivity index (χ3v) is 4.95. The van der Waals surface area contributed by atoms with Crippen molar-refractivity contribution in [2.45, 2.75) is 11.8 Å². The highest BCUT2D eigenvalue weighted by Crippen LogP contribution is 2.25. The minimum Gasteiger partial charge on any atom is -0.364 e. The van der Waals surface area contributed by atoms with Crippen molar-refractivity contribution in [2.24, 2.45) is 5.73 Å². The van der Waals surface area contributed by atoms with Crippen LogP contribution in [0.25, 0.3) is 16.9 Å². The van der Waals surface area contributed by atoms with Crippen LogP contribution in [-0.2, 0) is 9.84 Å². The molecule has 1 heterocycles. The van der Waals surface area contributed by atoms with Crippen LogP contribution in [0.15, 0.2) is 59.5 Å². The standard InChI is InChI=1S/C18H17N3O3S/c1-12-3-7-14(8-4-12)21-17(11-16(20-21)18(19)22)13-5-9-15(10-6-13)25(2,23)24/h3-11H,1-2H3,(H2,19,22). The largest absolute Gasteiger partial charge is 0.364 e. The van der Waals surface area contributed by atoms with Gasteiger partial charge in [0.1, 0.15) is 0 Å². The fourth-order valence-corrected chi connectivity index (χ4v) is 3.09. The fraction of sp³-hybridized carbons (Fsp3) is 0.111. The number of carbonyl (C=O) groups is 1. The van der Waals surface area contributed by atoms with Crippen molar-refractivity contribution >= 4 is 15.7 Å². The number of rotatable bonds is 4. The number of nitrogens with zero attached hydrogens (tertiary/aromatic N) is 2. The first-order valence-corrected chi connectivity index (χ1v) is 9.42. The molecule has 0 saturated heterocycles. The Balaban J connectivity index is 2.14. The van der Waals surface area contributed by atoms with E-state index in [0.29, 0.717) is 5.69 Å². The van der Waals surface area contributed by atoms with Crippen molar-refractivity contribution in [3.05, 3.63) is 65.9 Å². The molecule has 0 spiro atoms. The van der Waals surface area contributed by atoms with Gasteiger partial charge >= 0.3 is 0 Å². The monoisotopic (exact) mass is 355 g/mol. The predicted octanol–water partition coefficient (Wildman–Crippen LogP) is 2.35. The maximum Gasteiger partial charge on any atom is 0.269 e. The highest BCUT2D eigenvalue weighted by molar-refractivity contribution is 7.90. The van der Waals surface area contributed by atoms with Crippen LogP contribution in [0.4, 0.5) is 0 Å².